The second-order valence-corrected chi connectivity index (χ2v) is 6.92. The summed E-state index contributed by atoms with van der Waals surface area (Å²) >= 11 is 11.5. The molecule has 1 N–H and O–H groups in total. The molecule has 0 aliphatic rings. The molecule has 3 aromatic rings. The number of para-hydroxylation sites is 1. The summed E-state index contributed by atoms with van der Waals surface area (Å²) < 4.78 is 5.98. The summed E-state index contributed by atoms with van der Waals surface area (Å²) in [5.74, 6) is 0.767. The summed E-state index contributed by atoms with van der Waals surface area (Å²) in [6, 6.07) is 23.9. The standard InChI is InChI=1S/C22H20ClNOS/c1-16-6-8-17(9-7-16)14-24-22(26)20-4-2-3-5-21(20)25-15-18-10-12-19(23)13-11-18/h2-13H,14-15H2,1H3,(H,24,26). The van der Waals surface area contributed by atoms with Gasteiger partial charge in [0.05, 0.1) is 5.56 Å². The third kappa shape index (κ3) is 5.07. The second-order valence-electron chi connectivity index (χ2n) is 6.08. The quantitative estimate of drug-likeness (QED) is 0.554. The Morgan fingerprint density at radius 2 is 1.58 bits per heavy atom. The molecule has 0 spiro atoms. The van der Waals surface area contributed by atoms with Gasteiger partial charge >= 0.3 is 0 Å². The molecule has 0 aliphatic carbocycles. The van der Waals surface area contributed by atoms with E-state index in [0.29, 0.717) is 18.1 Å². The van der Waals surface area contributed by atoms with E-state index >= 15 is 0 Å². The normalized spacial score (nSPS) is 10.4. The number of halogens is 1. The lowest BCUT2D eigenvalue weighted by molar-refractivity contribution is 0.305. The van der Waals surface area contributed by atoms with E-state index in [-0.39, 0.29) is 0 Å². The molecule has 0 saturated carbocycles. The molecule has 0 saturated heterocycles. The molecule has 0 aliphatic heterocycles. The fraction of sp³-hybridized carbons (Fsp3) is 0.136. The highest BCUT2D eigenvalue weighted by atomic mass is 35.5. The highest BCUT2D eigenvalue weighted by Crippen LogP contribution is 2.20. The van der Waals surface area contributed by atoms with Crippen molar-refractivity contribution in [3.63, 3.8) is 0 Å². The Kier molecular flexibility index (Phi) is 6.26. The van der Waals surface area contributed by atoms with Crippen LogP contribution in [0.15, 0.2) is 72.8 Å². The van der Waals surface area contributed by atoms with Gasteiger partial charge in [-0.05, 0) is 42.3 Å². The Hall–Kier alpha value is -2.36. The average molecular weight is 382 g/mol. The van der Waals surface area contributed by atoms with Crippen molar-refractivity contribution in [2.45, 2.75) is 20.1 Å². The van der Waals surface area contributed by atoms with E-state index in [2.05, 4.69) is 36.5 Å². The molecule has 0 heterocycles. The van der Waals surface area contributed by atoms with Crippen molar-refractivity contribution in [1.82, 2.24) is 5.32 Å². The van der Waals surface area contributed by atoms with Gasteiger partial charge in [-0.3, -0.25) is 0 Å². The molecule has 26 heavy (non-hydrogen) atoms. The Morgan fingerprint density at radius 1 is 0.923 bits per heavy atom. The maximum Gasteiger partial charge on any atom is 0.129 e. The minimum Gasteiger partial charge on any atom is -0.488 e. The molecule has 0 bridgehead atoms. The second kappa shape index (κ2) is 8.84. The van der Waals surface area contributed by atoms with E-state index in [9.17, 15) is 0 Å². The number of nitrogens with one attached hydrogen (secondary N) is 1. The first kappa shape index (κ1) is 18.4. The Labute approximate surface area is 164 Å². The van der Waals surface area contributed by atoms with Gasteiger partial charge in [0, 0.05) is 11.6 Å². The number of rotatable bonds is 6. The predicted octanol–water partition coefficient (Wildman–Crippen LogP) is 5.69. The summed E-state index contributed by atoms with van der Waals surface area (Å²) in [6.07, 6.45) is 0. The third-order valence-corrected chi connectivity index (χ3v) is 4.63. The molecule has 0 unspecified atom stereocenters. The van der Waals surface area contributed by atoms with Crippen molar-refractivity contribution >= 4 is 28.8 Å². The van der Waals surface area contributed by atoms with Gasteiger partial charge in [-0.2, -0.15) is 0 Å². The smallest absolute Gasteiger partial charge is 0.129 e. The lowest BCUT2D eigenvalue weighted by Gasteiger charge is -2.14. The number of hydrogen-bond donors (Lipinski definition) is 1. The Bertz CT molecular complexity index is 875. The summed E-state index contributed by atoms with van der Waals surface area (Å²) in [5, 5.41) is 4.03. The molecule has 0 fully saturated rings. The summed E-state index contributed by atoms with van der Waals surface area (Å²) in [5.41, 5.74) is 4.39. The van der Waals surface area contributed by atoms with Gasteiger partial charge in [0.25, 0.3) is 0 Å². The fourth-order valence-electron chi connectivity index (χ4n) is 2.51. The molecule has 0 aromatic heterocycles. The topological polar surface area (TPSA) is 21.3 Å². The van der Waals surface area contributed by atoms with Gasteiger partial charge in [0.15, 0.2) is 0 Å². The van der Waals surface area contributed by atoms with Crippen LogP contribution in [0.5, 0.6) is 5.75 Å². The van der Waals surface area contributed by atoms with E-state index < -0.39 is 0 Å². The molecule has 4 heteroatoms. The lowest BCUT2D eigenvalue weighted by atomic mass is 10.1. The van der Waals surface area contributed by atoms with Gasteiger partial charge in [-0.15, -0.1) is 0 Å². The van der Waals surface area contributed by atoms with Gasteiger partial charge in [-0.1, -0.05) is 77.9 Å². The van der Waals surface area contributed by atoms with Crippen LogP contribution in [0, 0.1) is 6.92 Å². The largest absolute Gasteiger partial charge is 0.488 e. The monoisotopic (exact) mass is 381 g/mol. The van der Waals surface area contributed by atoms with Crippen LogP contribution in [0.4, 0.5) is 0 Å². The summed E-state index contributed by atoms with van der Waals surface area (Å²) in [6.45, 7) is 3.23. The van der Waals surface area contributed by atoms with Crippen LogP contribution in [0.1, 0.15) is 22.3 Å². The van der Waals surface area contributed by atoms with Crippen LogP contribution >= 0.6 is 23.8 Å². The first-order valence-corrected chi connectivity index (χ1v) is 9.20. The van der Waals surface area contributed by atoms with Crippen LogP contribution in [0.3, 0.4) is 0 Å². The first-order valence-electron chi connectivity index (χ1n) is 8.42. The van der Waals surface area contributed by atoms with Crippen LogP contribution in [-0.2, 0) is 13.2 Å². The van der Waals surface area contributed by atoms with Gasteiger partial charge in [-0.25, -0.2) is 0 Å². The van der Waals surface area contributed by atoms with E-state index in [4.69, 9.17) is 28.6 Å². The minimum atomic E-state index is 0.467. The van der Waals surface area contributed by atoms with Crippen LogP contribution in [0.2, 0.25) is 5.02 Å². The first-order chi connectivity index (χ1) is 12.6. The Balaban J connectivity index is 1.64. The number of benzene rings is 3. The van der Waals surface area contributed by atoms with Crippen molar-refractivity contribution < 1.29 is 4.74 Å². The number of thiocarbonyl (C=S) groups is 1. The van der Waals surface area contributed by atoms with Crippen molar-refractivity contribution in [1.29, 1.82) is 0 Å². The summed E-state index contributed by atoms with van der Waals surface area (Å²) in [4.78, 5) is 0.678. The fourth-order valence-corrected chi connectivity index (χ4v) is 2.87. The van der Waals surface area contributed by atoms with Crippen LogP contribution in [0.25, 0.3) is 0 Å². The molecule has 2 nitrogen and oxygen atoms in total. The molecule has 132 valence electrons. The van der Waals surface area contributed by atoms with E-state index in [1.165, 1.54) is 11.1 Å². The molecule has 0 radical (unpaired) electrons. The molecular weight excluding hydrogens is 362 g/mol. The average Bonchev–Trinajstić information content (AvgIpc) is 2.67. The van der Waals surface area contributed by atoms with E-state index in [1.807, 2.05) is 48.5 Å². The SMILES string of the molecule is Cc1ccc(CNC(=S)c2ccccc2OCc2ccc(Cl)cc2)cc1. The molecule has 3 rings (SSSR count). The maximum absolute atomic E-state index is 5.98. The molecule has 3 aromatic carbocycles. The highest BCUT2D eigenvalue weighted by molar-refractivity contribution is 7.80. The predicted molar refractivity (Wildman–Crippen MR) is 112 cm³/mol. The highest BCUT2D eigenvalue weighted by Gasteiger charge is 2.09. The van der Waals surface area contributed by atoms with Gasteiger partial charge < -0.3 is 10.1 Å². The summed E-state index contributed by atoms with van der Waals surface area (Å²) in [7, 11) is 0. The number of ether oxygens (including phenoxy) is 1. The van der Waals surface area contributed by atoms with Gasteiger partial charge in [0.2, 0.25) is 0 Å². The number of aryl methyl sites for hydroxylation is 1. The third-order valence-electron chi connectivity index (χ3n) is 4.01. The number of hydrogen-bond acceptors (Lipinski definition) is 2. The van der Waals surface area contributed by atoms with Crippen LogP contribution in [-0.4, -0.2) is 4.99 Å². The maximum atomic E-state index is 5.98. The van der Waals surface area contributed by atoms with E-state index in [1.54, 1.807) is 0 Å². The van der Waals surface area contributed by atoms with Crippen molar-refractivity contribution in [3.8, 4) is 5.75 Å². The van der Waals surface area contributed by atoms with Gasteiger partial charge in [0.1, 0.15) is 17.3 Å². The van der Waals surface area contributed by atoms with Crippen molar-refractivity contribution in [2.24, 2.45) is 0 Å². The zero-order valence-corrected chi connectivity index (χ0v) is 16.1. The van der Waals surface area contributed by atoms with Crippen LogP contribution < -0.4 is 10.1 Å². The molecular formula is C22H20ClNOS. The van der Waals surface area contributed by atoms with Crippen molar-refractivity contribution in [2.75, 3.05) is 0 Å². The zero-order chi connectivity index (χ0) is 18.4. The zero-order valence-electron chi connectivity index (χ0n) is 14.5. The Morgan fingerprint density at radius 3 is 2.31 bits per heavy atom. The minimum absolute atomic E-state index is 0.467. The van der Waals surface area contributed by atoms with E-state index in [0.717, 1.165) is 21.9 Å². The van der Waals surface area contributed by atoms with Crippen molar-refractivity contribution in [3.05, 3.63) is 100 Å². The molecule has 0 atom stereocenters. The lowest BCUT2D eigenvalue weighted by Crippen LogP contribution is -2.22. The molecule has 0 amide bonds.